The van der Waals surface area contributed by atoms with Gasteiger partial charge in [0, 0.05) is 18.2 Å². The van der Waals surface area contributed by atoms with Gasteiger partial charge in [0.2, 0.25) is 5.91 Å². The zero-order valence-corrected chi connectivity index (χ0v) is 11.0. The molecule has 98 valence electrons. The minimum atomic E-state index is -0.358. The molecule has 3 N–H and O–H groups in total. The van der Waals surface area contributed by atoms with Crippen LogP contribution in [0.15, 0.2) is 18.3 Å². The Balaban J connectivity index is 1.94. The van der Waals surface area contributed by atoms with E-state index in [9.17, 15) is 4.79 Å². The van der Waals surface area contributed by atoms with Gasteiger partial charge in [0.25, 0.3) is 0 Å². The van der Waals surface area contributed by atoms with Gasteiger partial charge in [0.05, 0.1) is 5.02 Å². The molecular weight excluding hydrogens is 250 g/mol. The molecule has 0 atom stereocenters. The zero-order valence-electron chi connectivity index (χ0n) is 10.3. The van der Waals surface area contributed by atoms with Crippen molar-refractivity contribution in [3.05, 3.63) is 23.4 Å². The molecule has 1 aliphatic carbocycles. The monoisotopic (exact) mass is 267 g/mol. The first-order chi connectivity index (χ1) is 8.59. The molecule has 2 rings (SSSR count). The quantitative estimate of drug-likeness (QED) is 0.885. The van der Waals surface area contributed by atoms with Gasteiger partial charge < -0.3 is 11.1 Å². The lowest BCUT2D eigenvalue weighted by Gasteiger charge is -2.32. The summed E-state index contributed by atoms with van der Waals surface area (Å²) in [7, 11) is 0. The van der Waals surface area contributed by atoms with Crippen molar-refractivity contribution in [2.75, 3.05) is 5.32 Å². The molecule has 0 radical (unpaired) electrons. The fourth-order valence-corrected chi connectivity index (χ4v) is 2.58. The Morgan fingerprint density at radius 1 is 1.44 bits per heavy atom. The number of anilines is 1. The number of hydrogen-bond acceptors (Lipinski definition) is 3. The van der Waals surface area contributed by atoms with Crippen LogP contribution in [-0.4, -0.2) is 16.4 Å². The lowest BCUT2D eigenvalue weighted by molar-refractivity contribution is -0.117. The number of pyridine rings is 1. The molecule has 0 saturated heterocycles. The Morgan fingerprint density at radius 3 is 2.83 bits per heavy atom. The largest absolute Gasteiger partial charge is 0.325 e. The van der Waals surface area contributed by atoms with Gasteiger partial charge in [-0.3, -0.25) is 4.79 Å². The summed E-state index contributed by atoms with van der Waals surface area (Å²) in [4.78, 5) is 16.0. The number of nitrogens with zero attached hydrogens (tertiary/aromatic N) is 1. The summed E-state index contributed by atoms with van der Waals surface area (Å²) >= 11 is 5.94. The Morgan fingerprint density at radius 2 is 2.17 bits per heavy atom. The molecule has 1 fully saturated rings. The summed E-state index contributed by atoms with van der Waals surface area (Å²) in [6, 6.07) is 3.42. The minimum absolute atomic E-state index is 0.111. The fraction of sp³-hybridized carbons (Fsp3) is 0.538. The van der Waals surface area contributed by atoms with Crippen LogP contribution < -0.4 is 11.1 Å². The molecule has 1 aromatic rings. The number of nitrogens with one attached hydrogen (secondary N) is 1. The summed E-state index contributed by atoms with van der Waals surface area (Å²) < 4.78 is 0. The Kier molecular flexibility index (Phi) is 4.19. The molecule has 5 heteroatoms. The van der Waals surface area contributed by atoms with Crippen LogP contribution in [0.5, 0.6) is 0 Å². The van der Waals surface area contributed by atoms with E-state index in [4.69, 9.17) is 17.3 Å². The molecule has 1 heterocycles. The van der Waals surface area contributed by atoms with Crippen molar-refractivity contribution in [1.82, 2.24) is 4.98 Å². The molecule has 4 nitrogen and oxygen atoms in total. The van der Waals surface area contributed by atoms with Crippen molar-refractivity contribution in [3.8, 4) is 0 Å². The summed E-state index contributed by atoms with van der Waals surface area (Å²) in [5.74, 6) is 0.295. The fourth-order valence-electron chi connectivity index (χ4n) is 2.41. The summed E-state index contributed by atoms with van der Waals surface area (Å²) in [6.07, 6.45) is 7.18. The molecule has 0 aromatic carbocycles. The lowest BCUT2D eigenvalue weighted by Crippen LogP contribution is -2.44. The molecule has 0 aliphatic heterocycles. The number of rotatable bonds is 3. The second-order valence-electron chi connectivity index (χ2n) is 4.98. The Bertz CT molecular complexity index is 430. The zero-order chi connectivity index (χ0) is 13.0. The average Bonchev–Trinajstić information content (AvgIpc) is 2.32. The standard InChI is InChI=1S/C13H18ClN3O/c14-10-5-4-8-16-12(10)17-11(18)9-13(15)6-2-1-3-7-13/h4-5,8H,1-3,6-7,9,15H2,(H,16,17,18). The van der Waals surface area contributed by atoms with Crippen molar-refractivity contribution in [2.24, 2.45) is 5.73 Å². The predicted molar refractivity (Wildman–Crippen MR) is 72.5 cm³/mol. The van der Waals surface area contributed by atoms with E-state index < -0.39 is 0 Å². The maximum atomic E-state index is 11.9. The maximum absolute atomic E-state index is 11.9. The van der Waals surface area contributed by atoms with Crippen LogP contribution in [0.2, 0.25) is 5.02 Å². The minimum Gasteiger partial charge on any atom is -0.325 e. The van der Waals surface area contributed by atoms with E-state index in [-0.39, 0.29) is 11.4 Å². The van der Waals surface area contributed by atoms with Gasteiger partial charge in [-0.05, 0) is 25.0 Å². The summed E-state index contributed by atoms with van der Waals surface area (Å²) in [6.45, 7) is 0. The normalized spacial score (nSPS) is 18.3. The summed E-state index contributed by atoms with van der Waals surface area (Å²) in [5, 5.41) is 3.17. The molecule has 1 aliphatic rings. The second kappa shape index (κ2) is 5.67. The molecule has 1 amide bonds. The van der Waals surface area contributed by atoms with Gasteiger partial charge in [0.1, 0.15) is 0 Å². The van der Waals surface area contributed by atoms with Gasteiger partial charge in [-0.15, -0.1) is 0 Å². The van der Waals surface area contributed by atoms with Crippen molar-refractivity contribution in [1.29, 1.82) is 0 Å². The third-order valence-corrected chi connectivity index (χ3v) is 3.68. The highest BCUT2D eigenvalue weighted by Crippen LogP contribution is 2.29. The number of aromatic nitrogens is 1. The molecule has 18 heavy (non-hydrogen) atoms. The number of carbonyl (C=O) groups is 1. The highest BCUT2D eigenvalue weighted by molar-refractivity contribution is 6.33. The molecule has 1 aromatic heterocycles. The molecule has 0 bridgehead atoms. The highest BCUT2D eigenvalue weighted by atomic mass is 35.5. The van der Waals surface area contributed by atoms with Crippen LogP contribution in [0.25, 0.3) is 0 Å². The van der Waals surface area contributed by atoms with Gasteiger partial charge in [-0.1, -0.05) is 30.9 Å². The number of amides is 1. The number of hydrogen-bond donors (Lipinski definition) is 2. The molecule has 1 saturated carbocycles. The van der Waals surface area contributed by atoms with Crippen molar-refractivity contribution in [3.63, 3.8) is 0 Å². The summed E-state index contributed by atoms with van der Waals surface area (Å²) in [5.41, 5.74) is 5.88. The topological polar surface area (TPSA) is 68.0 Å². The van der Waals surface area contributed by atoms with Crippen LogP contribution in [0.3, 0.4) is 0 Å². The van der Waals surface area contributed by atoms with E-state index in [0.717, 1.165) is 25.7 Å². The smallest absolute Gasteiger partial charge is 0.227 e. The maximum Gasteiger partial charge on any atom is 0.227 e. The van der Waals surface area contributed by atoms with Crippen molar-refractivity contribution >= 4 is 23.3 Å². The van der Waals surface area contributed by atoms with E-state index >= 15 is 0 Å². The first-order valence-corrected chi connectivity index (χ1v) is 6.66. The van der Waals surface area contributed by atoms with Gasteiger partial charge in [-0.2, -0.15) is 0 Å². The second-order valence-corrected chi connectivity index (χ2v) is 5.39. The SMILES string of the molecule is NC1(CC(=O)Nc2ncccc2Cl)CCCCC1. The van der Waals surface area contributed by atoms with Crippen LogP contribution in [0.1, 0.15) is 38.5 Å². The highest BCUT2D eigenvalue weighted by Gasteiger charge is 2.30. The van der Waals surface area contributed by atoms with E-state index in [2.05, 4.69) is 10.3 Å². The van der Waals surface area contributed by atoms with E-state index in [0.29, 0.717) is 17.3 Å². The van der Waals surface area contributed by atoms with Gasteiger partial charge in [0.15, 0.2) is 5.82 Å². The number of carbonyl (C=O) groups excluding carboxylic acids is 1. The number of nitrogens with two attached hydrogens (primary N) is 1. The van der Waals surface area contributed by atoms with E-state index in [1.54, 1.807) is 18.3 Å². The average molecular weight is 268 g/mol. The van der Waals surface area contributed by atoms with Gasteiger partial charge >= 0.3 is 0 Å². The van der Waals surface area contributed by atoms with Crippen LogP contribution in [0, 0.1) is 0 Å². The Hall–Kier alpha value is -1.13. The predicted octanol–water partition coefficient (Wildman–Crippen LogP) is 2.73. The first-order valence-electron chi connectivity index (χ1n) is 6.28. The van der Waals surface area contributed by atoms with E-state index in [1.807, 2.05) is 0 Å². The third-order valence-electron chi connectivity index (χ3n) is 3.38. The lowest BCUT2D eigenvalue weighted by atomic mass is 9.80. The first kappa shape index (κ1) is 13.3. The number of halogens is 1. The molecule has 0 spiro atoms. The third kappa shape index (κ3) is 3.43. The van der Waals surface area contributed by atoms with Crippen LogP contribution >= 0.6 is 11.6 Å². The van der Waals surface area contributed by atoms with Crippen LogP contribution in [0.4, 0.5) is 5.82 Å². The van der Waals surface area contributed by atoms with Crippen molar-refractivity contribution < 1.29 is 4.79 Å². The van der Waals surface area contributed by atoms with Crippen molar-refractivity contribution in [2.45, 2.75) is 44.1 Å². The van der Waals surface area contributed by atoms with E-state index in [1.165, 1.54) is 6.42 Å². The Labute approximate surface area is 112 Å². The molecule has 0 unspecified atom stereocenters. The molecular formula is C13H18ClN3O. The van der Waals surface area contributed by atoms with Crippen LogP contribution in [-0.2, 0) is 4.79 Å². The van der Waals surface area contributed by atoms with Gasteiger partial charge in [-0.25, -0.2) is 4.98 Å².